The lowest BCUT2D eigenvalue weighted by molar-refractivity contribution is -0.143. The number of nitrogens with two attached hydrogens (primary N) is 1. The van der Waals surface area contributed by atoms with Gasteiger partial charge in [0, 0.05) is 5.69 Å². The first-order valence-corrected chi connectivity index (χ1v) is 11.0. The van der Waals surface area contributed by atoms with Crippen LogP contribution in [0, 0.1) is 0 Å². The Morgan fingerprint density at radius 3 is 2.03 bits per heavy atom. The zero-order valence-corrected chi connectivity index (χ0v) is 17.2. The third-order valence-corrected chi connectivity index (χ3v) is 5.52. The second-order valence-corrected chi connectivity index (χ2v) is 8.31. The Hall–Kier alpha value is -3.28. The zero-order valence-electron chi connectivity index (χ0n) is 16.3. The largest absolute Gasteiger partial charge is 0.460 e. The van der Waals surface area contributed by atoms with Gasteiger partial charge in [0.1, 0.15) is 24.4 Å². The fourth-order valence-electron chi connectivity index (χ4n) is 2.50. The first kappa shape index (κ1) is 21.4. The van der Waals surface area contributed by atoms with Gasteiger partial charge in [0.15, 0.2) is 0 Å². The lowest BCUT2D eigenvalue weighted by Crippen LogP contribution is -2.27. The molecule has 3 rings (SSSR count). The Kier molecular flexibility index (Phi) is 7.49. The highest BCUT2D eigenvalue weighted by atomic mass is 31.2. The summed E-state index contributed by atoms with van der Waals surface area (Å²) < 4.78 is 29.8. The van der Waals surface area contributed by atoms with Gasteiger partial charge in [-0.2, -0.15) is 0 Å². The van der Waals surface area contributed by atoms with Gasteiger partial charge >= 0.3 is 13.6 Å². The Morgan fingerprint density at radius 2 is 1.40 bits per heavy atom. The third-order valence-electron chi connectivity index (χ3n) is 3.93. The second kappa shape index (κ2) is 10.5. The maximum atomic E-state index is 13.3. The van der Waals surface area contributed by atoms with Crippen LogP contribution in [0.25, 0.3) is 0 Å². The summed E-state index contributed by atoms with van der Waals surface area (Å²) in [6.07, 6.45) is -0.188. The Morgan fingerprint density at radius 1 is 0.833 bits per heavy atom. The lowest BCUT2D eigenvalue weighted by atomic mass is 10.2. The molecule has 0 fully saturated rings. The molecule has 0 bridgehead atoms. The molecule has 156 valence electrons. The van der Waals surface area contributed by atoms with Crippen molar-refractivity contribution in [2.75, 3.05) is 18.6 Å². The monoisotopic (exact) mass is 426 g/mol. The number of benzene rings is 3. The smallest absolute Gasteiger partial charge is 0.444 e. The summed E-state index contributed by atoms with van der Waals surface area (Å²) in [6.45, 7) is 0.0293. The molecule has 0 saturated heterocycles. The van der Waals surface area contributed by atoms with E-state index in [2.05, 4.69) is 5.32 Å². The maximum absolute atomic E-state index is 13.3. The number of anilines is 1. The van der Waals surface area contributed by atoms with E-state index in [1.54, 1.807) is 48.5 Å². The lowest BCUT2D eigenvalue weighted by Gasteiger charge is -2.20. The van der Waals surface area contributed by atoms with Crippen molar-refractivity contribution >= 4 is 19.3 Å². The van der Waals surface area contributed by atoms with Crippen LogP contribution in [-0.2, 0) is 20.7 Å². The number of nitrogens with one attached hydrogen (secondary N) is 1. The van der Waals surface area contributed by atoms with Crippen molar-refractivity contribution in [2.45, 2.75) is 6.61 Å². The highest BCUT2D eigenvalue weighted by Gasteiger charge is 2.28. The highest BCUT2D eigenvalue weighted by molar-refractivity contribution is 7.54. The topological polar surface area (TPSA) is 99.9 Å². The molecule has 7 nitrogen and oxygen atoms in total. The van der Waals surface area contributed by atoms with Gasteiger partial charge in [0.2, 0.25) is 0 Å². The number of nitrogen functional groups attached to an aromatic ring is 1. The van der Waals surface area contributed by atoms with Crippen LogP contribution in [0.15, 0.2) is 84.9 Å². The Bertz CT molecular complexity index is 981. The maximum Gasteiger partial charge on any atom is 0.444 e. The average molecular weight is 426 g/mol. The molecule has 0 heterocycles. The first-order chi connectivity index (χ1) is 14.5. The van der Waals surface area contributed by atoms with Crippen molar-refractivity contribution in [3.8, 4) is 11.5 Å². The number of rotatable bonds is 10. The number of ether oxygens (including phenoxy) is 1. The van der Waals surface area contributed by atoms with Gasteiger partial charge in [-0.15, -0.1) is 0 Å². The molecule has 1 unspecified atom stereocenters. The molecule has 3 aromatic rings. The number of hydrogen-bond donors (Lipinski definition) is 2. The van der Waals surface area contributed by atoms with Gasteiger partial charge in [0.05, 0.1) is 6.54 Å². The molecule has 0 saturated carbocycles. The van der Waals surface area contributed by atoms with Crippen molar-refractivity contribution in [3.05, 3.63) is 90.5 Å². The van der Waals surface area contributed by atoms with E-state index in [1.807, 2.05) is 36.4 Å². The van der Waals surface area contributed by atoms with E-state index in [0.29, 0.717) is 17.2 Å². The predicted molar refractivity (Wildman–Crippen MR) is 115 cm³/mol. The van der Waals surface area contributed by atoms with Crippen molar-refractivity contribution in [2.24, 2.45) is 0 Å². The van der Waals surface area contributed by atoms with E-state index < -0.39 is 13.6 Å². The van der Waals surface area contributed by atoms with E-state index in [1.165, 1.54) is 0 Å². The summed E-state index contributed by atoms with van der Waals surface area (Å²) in [5.41, 5.74) is 7.12. The molecule has 1 atom stereocenters. The molecule has 0 radical (unpaired) electrons. The number of esters is 1. The fraction of sp³-hybridized carbons (Fsp3) is 0.136. The van der Waals surface area contributed by atoms with Crippen LogP contribution >= 0.6 is 7.60 Å². The Balaban J connectivity index is 1.58. The molecule has 0 aliphatic carbocycles. The van der Waals surface area contributed by atoms with Crippen molar-refractivity contribution in [1.29, 1.82) is 0 Å². The van der Waals surface area contributed by atoms with E-state index >= 15 is 0 Å². The van der Waals surface area contributed by atoms with Crippen LogP contribution in [0.2, 0.25) is 0 Å². The van der Waals surface area contributed by atoms with Gasteiger partial charge in [-0.3, -0.25) is 10.1 Å². The summed E-state index contributed by atoms with van der Waals surface area (Å²) in [5.74, 6) is 0.263. The summed E-state index contributed by atoms with van der Waals surface area (Å²) in [5, 5.41) is 2.80. The van der Waals surface area contributed by atoms with Gasteiger partial charge in [-0.1, -0.05) is 48.5 Å². The minimum Gasteiger partial charge on any atom is -0.460 e. The quantitative estimate of drug-likeness (QED) is 0.285. The molecule has 3 N–H and O–H groups in total. The van der Waals surface area contributed by atoms with Crippen LogP contribution in [0.4, 0.5) is 5.69 Å². The van der Waals surface area contributed by atoms with E-state index in [4.69, 9.17) is 19.5 Å². The third kappa shape index (κ3) is 6.95. The van der Waals surface area contributed by atoms with E-state index in [-0.39, 0.29) is 19.4 Å². The van der Waals surface area contributed by atoms with Crippen LogP contribution in [-0.4, -0.2) is 18.8 Å². The van der Waals surface area contributed by atoms with Crippen molar-refractivity contribution in [3.63, 3.8) is 0 Å². The van der Waals surface area contributed by atoms with E-state index in [9.17, 15) is 9.36 Å². The first-order valence-electron chi connectivity index (χ1n) is 9.31. The minimum atomic E-state index is -3.67. The van der Waals surface area contributed by atoms with Crippen LogP contribution in [0.5, 0.6) is 11.5 Å². The Labute approximate surface area is 175 Å². The van der Waals surface area contributed by atoms with Gasteiger partial charge in [0.25, 0.3) is 0 Å². The highest BCUT2D eigenvalue weighted by Crippen LogP contribution is 2.47. The molecule has 0 amide bonds. The summed E-state index contributed by atoms with van der Waals surface area (Å²) in [6, 6.07) is 24.5. The number of para-hydroxylation sites is 1. The van der Waals surface area contributed by atoms with Gasteiger partial charge < -0.3 is 19.5 Å². The van der Waals surface area contributed by atoms with Gasteiger partial charge in [-0.05, 0) is 42.0 Å². The van der Waals surface area contributed by atoms with Crippen LogP contribution in [0.1, 0.15) is 5.56 Å². The molecule has 0 spiro atoms. The molecule has 30 heavy (non-hydrogen) atoms. The van der Waals surface area contributed by atoms with Crippen molar-refractivity contribution in [1.82, 2.24) is 5.32 Å². The summed E-state index contributed by atoms with van der Waals surface area (Å²) >= 11 is 0. The molecule has 0 aromatic heterocycles. The normalized spacial score (nSPS) is 12.5. The van der Waals surface area contributed by atoms with Gasteiger partial charge in [-0.25, -0.2) is 4.57 Å². The molecule has 3 aromatic carbocycles. The van der Waals surface area contributed by atoms with E-state index in [0.717, 1.165) is 5.56 Å². The van der Waals surface area contributed by atoms with Crippen molar-refractivity contribution < 1.29 is 23.1 Å². The number of carbonyl (C=O) groups excluding carboxylic acids is 1. The SMILES string of the molecule is Nc1ccc(OP(=O)(CNCC(=O)OCc2ccccc2)Oc2ccccc2)cc1. The predicted octanol–water partition coefficient (Wildman–Crippen LogP) is 4.21. The average Bonchev–Trinajstić information content (AvgIpc) is 2.75. The molecule has 0 aliphatic heterocycles. The summed E-state index contributed by atoms with van der Waals surface area (Å²) in [4.78, 5) is 12.0. The fourth-order valence-corrected chi connectivity index (χ4v) is 3.94. The number of carbonyl (C=O) groups is 1. The number of hydrogen-bond acceptors (Lipinski definition) is 7. The standard InChI is InChI=1S/C22H23N2O5P/c23-19-11-13-21(14-12-19)29-30(26,28-20-9-5-2-6-10-20)17-24-15-22(25)27-16-18-7-3-1-4-8-18/h1-14,24H,15-17,23H2. The molecular weight excluding hydrogens is 403 g/mol. The zero-order chi connectivity index (χ0) is 21.2. The minimum absolute atomic E-state index is 0.139. The molecule has 8 heteroatoms. The van der Waals surface area contributed by atoms with Crippen LogP contribution in [0.3, 0.4) is 0 Å². The molecular formula is C22H23N2O5P. The summed E-state index contributed by atoms with van der Waals surface area (Å²) in [7, 11) is -3.67. The van der Waals surface area contributed by atoms with Crippen LogP contribution < -0.4 is 20.1 Å². The second-order valence-electron chi connectivity index (χ2n) is 6.41. The molecule has 0 aliphatic rings.